The molecule has 0 atom stereocenters. The Balaban J connectivity index is 2.41. The van der Waals surface area contributed by atoms with Crippen molar-refractivity contribution in [1.82, 2.24) is 10.3 Å². The summed E-state index contributed by atoms with van der Waals surface area (Å²) in [7, 11) is 0. The van der Waals surface area contributed by atoms with Crippen LogP contribution < -0.4 is 10.6 Å². The van der Waals surface area contributed by atoms with Gasteiger partial charge in [-0.3, -0.25) is 4.79 Å². The van der Waals surface area contributed by atoms with Gasteiger partial charge in [-0.05, 0) is 45.7 Å². The van der Waals surface area contributed by atoms with Gasteiger partial charge in [-0.1, -0.05) is 6.92 Å². The molecule has 0 aliphatic rings. The Morgan fingerprint density at radius 1 is 1.26 bits per heavy atom. The summed E-state index contributed by atoms with van der Waals surface area (Å²) in [5.41, 5.74) is 0.0772. The van der Waals surface area contributed by atoms with Gasteiger partial charge in [0.05, 0.1) is 5.56 Å². The largest absolute Gasteiger partial charge is 0.444 e. The van der Waals surface area contributed by atoms with Crippen molar-refractivity contribution < 1.29 is 14.3 Å². The number of ether oxygens (including phenoxy) is 1. The summed E-state index contributed by atoms with van der Waals surface area (Å²) in [6.45, 7) is 8.66. The van der Waals surface area contributed by atoms with Gasteiger partial charge in [0.15, 0.2) is 5.78 Å². The third kappa shape index (κ3) is 7.63. The molecule has 128 valence electrons. The van der Waals surface area contributed by atoms with E-state index in [9.17, 15) is 9.59 Å². The number of pyridine rings is 1. The molecule has 1 aromatic heterocycles. The van der Waals surface area contributed by atoms with Crippen LogP contribution in [0.5, 0.6) is 0 Å². The lowest BCUT2D eigenvalue weighted by molar-refractivity contribution is 0.0525. The van der Waals surface area contributed by atoms with Crippen molar-refractivity contribution in [3.8, 4) is 0 Å². The molecule has 1 aromatic rings. The van der Waals surface area contributed by atoms with E-state index in [1.54, 1.807) is 18.3 Å². The minimum Gasteiger partial charge on any atom is -0.444 e. The number of anilines is 1. The Kier molecular flexibility index (Phi) is 7.51. The molecule has 2 N–H and O–H groups in total. The fraction of sp³-hybridized carbons (Fsp3) is 0.588. The van der Waals surface area contributed by atoms with Crippen molar-refractivity contribution in [1.29, 1.82) is 0 Å². The molecule has 0 saturated carbocycles. The average molecular weight is 321 g/mol. The molecule has 0 aromatic carbocycles. The average Bonchev–Trinajstić information content (AvgIpc) is 2.48. The van der Waals surface area contributed by atoms with Crippen LogP contribution in [0.3, 0.4) is 0 Å². The number of carbonyl (C=O) groups excluding carboxylic acids is 2. The van der Waals surface area contributed by atoms with Crippen LogP contribution in [0.4, 0.5) is 10.6 Å². The highest BCUT2D eigenvalue weighted by Crippen LogP contribution is 2.14. The van der Waals surface area contributed by atoms with Gasteiger partial charge >= 0.3 is 6.09 Å². The first-order valence-electron chi connectivity index (χ1n) is 8.02. The highest BCUT2D eigenvalue weighted by atomic mass is 16.6. The van der Waals surface area contributed by atoms with Gasteiger partial charge < -0.3 is 15.4 Å². The standard InChI is InChI=1S/C17H27N3O3/c1-5-10-18-15-13(8-6-11-19-15)14(21)9-7-12-20-16(22)23-17(2,3)4/h6,8,11H,5,7,9-10,12H2,1-4H3,(H,18,19)(H,20,22). The predicted octanol–water partition coefficient (Wildman–Crippen LogP) is 3.39. The first-order valence-corrected chi connectivity index (χ1v) is 8.02. The quantitative estimate of drug-likeness (QED) is 0.566. The number of alkyl carbamates (subject to hydrolysis) is 1. The number of hydrogen-bond donors (Lipinski definition) is 2. The van der Waals surface area contributed by atoms with E-state index in [1.165, 1.54) is 0 Å². The van der Waals surface area contributed by atoms with Crippen molar-refractivity contribution in [2.45, 2.75) is 52.6 Å². The highest BCUT2D eigenvalue weighted by molar-refractivity contribution is 6.00. The molecule has 0 spiro atoms. The van der Waals surface area contributed by atoms with E-state index in [-0.39, 0.29) is 5.78 Å². The number of nitrogens with one attached hydrogen (secondary N) is 2. The van der Waals surface area contributed by atoms with E-state index < -0.39 is 11.7 Å². The number of rotatable bonds is 8. The molecule has 1 rings (SSSR count). The second-order valence-corrected chi connectivity index (χ2v) is 6.28. The Morgan fingerprint density at radius 3 is 2.65 bits per heavy atom. The molecular formula is C17H27N3O3. The molecule has 0 aliphatic carbocycles. The molecule has 1 heterocycles. The maximum atomic E-state index is 12.3. The van der Waals surface area contributed by atoms with Crippen LogP contribution in [-0.4, -0.2) is 35.6 Å². The molecule has 6 nitrogen and oxygen atoms in total. The molecular weight excluding hydrogens is 294 g/mol. The summed E-state index contributed by atoms with van der Waals surface area (Å²) < 4.78 is 5.14. The van der Waals surface area contributed by atoms with Crippen LogP contribution in [0.25, 0.3) is 0 Å². The molecule has 0 aliphatic heterocycles. The van der Waals surface area contributed by atoms with E-state index in [4.69, 9.17) is 4.74 Å². The van der Waals surface area contributed by atoms with Crippen molar-refractivity contribution in [2.24, 2.45) is 0 Å². The maximum absolute atomic E-state index is 12.3. The fourth-order valence-corrected chi connectivity index (χ4v) is 1.90. The van der Waals surface area contributed by atoms with Crippen molar-refractivity contribution in [2.75, 3.05) is 18.4 Å². The van der Waals surface area contributed by atoms with Gasteiger partial charge in [0.2, 0.25) is 0 Å². The number of hydrogen-bond acceptors (Lipinski definition) is 5. The van der Waals surface area contributed by atoms with Gasteiger partial charge in [0.25, 0.3) is 0 Å². The second kappa shape index (κ2) is 9.12. The lowest BCUT2D eigenvalue weighted by Gasteiger charge is -2.19. The van der Waals surface area contributed by atoms with E-state index in [0.717, 1.165) is 13.0 Å². The normalized spacial score (nSPS) is 11.0. The van der Waals surface area contributed by atoms with Crippen LogP contribution in [-0.2, 0) is 4.74 Å². The van der Waals surface area contributed by atoms with E-state index in [2.05, 4.69) is 22.5 Å². The number of ketones is 1. The number of nitrogens with zero attached hydrogens (tertiary/aromatic N) is 1. The monoisotopic (exact) mass is 321 g/mol. The fourth-order valence-electron chi connectivity index (χ4n) is 1.90. The number of carbonyl (C=O) groups is 2. The predicted molar refractivity (Wildman–Crippen MR) is 90.8 cm³/mol. The molecule has 1 amide bonds. The summed E-state index contributed by atoms with van der Waals surface area (Å²) in [4.78, 5) is 28.0. The lowest BCUT2D eigenvalue weighted by Crippen LogP contribution is -2.33. The van der Waals surface area contributed by atoms with Crippen LogP contribution >= 0.6 is 0 Å². The van der Waals surface area contributed by atoms with Crippen molar-refractivity contribution in [3.63, 3.8) is 0 Å². The van der Waals surface area contributed by atoms with E-state index in [0.29, 0.717) is 30.8 Å². The third-order valence-corrected chi connectivity index (χ3v) is 2.90. The van der Waals surface area contributed by atoms with Gasteiger partial charge in [0.1, 0.15) is 11.4 Å². The molecule has 0 radical (unpaired) electrons. The molecule has 0 fully saturated rings. The van der Waals surface area contributed by atoms with Gasteiger partial charge in [-0.15, -0.1) is 0 Å². The van der Waals surface area contributed by atoms with Crippen LogP contribution in [0.1, 0.15) is 57.3 Å². The minimum absolute atomic E-state index is 0.0164. The molecule has 23 heavy (non-hydrogen) atoms. The summed E-state index contributed by atoms with van der Waals surface area (Å²) in [6, 6.07) is 3.53. The van der Waals surface area contributed by atoms with Crippen molar-refractivity contribution in [3.05, 3.63) is 23.9 Å². The smallest absolute Gasteiger partial charge is 0.407 e. The Bertz CT molecular complexity index is 524. The van der Waals surface area contributed by atoms with Gasteiger partial charge in [0, 0.05) is 25.7 Å². The van der Waals surface area contributed by atoms with Crippen molar-refractivity contribution >= 4 is 17.7 Å². The summed E-state index contributed by atoms with van der Waals surface area (Å²) in [6.07, 6.45) is 3.07. The summed E-state index contributed by atoms with van der Waals surface area (Å²) in [5, 5.41) is 5.81. The zero-order valence-corrected chi connectivity index (χ0v) is 14.4. The Labute approximate surface area is 138 Å². The van der Waals surface area contributed by atoms with Crippen LogP contribution in [0, 0.1) is 0 Å². The van der Waals surface area contributed by atoms with Gasteiger partial charge in [-0.25, -0.2) is 9.78 Å². The Morgan fingerprint density at radius 2 is 2.00 bits per heavy atom. The topological polar surface area (TPSA) is 80.3 Å². The first-order chi connectivity index (χ1) is 10.8. The van der Waals surface area contributed by atoms with E-state index >= 15 is 0 Å². The summed E-state index contributed by atoms with van der Waals surface area (Å²) in [5.74, 6) is 0.641. The molecule has 0 saturated heterocycles. The first kappa shape index (κ1) is 18.9. The SMILES string of the molecule is CCCNc1ncccc1C(=O)CCCNC(=O)OC(C)(C)C. The zero-order chi connectivity index (χ0) is 17.3. The number of amides is 1. The lowest BCUT2D eigenvalue weighted by atomic mass is 10.1. The molecule has 0 bridgehead atoms. The van der Waals surface area contributed by atoms with Gasteiger partial charge in [-0.2, -0.15) is 0 Å². The maximum Gasteiger partial charge on any atom is 0.407 e. The second-order valence-electron chi connectivity index (χ2n) is 6.28. The van der Waals surface area contributed by atoms with Crippen LogP contribution in [0.15, 0.2) is 18.3 Å². The Hall–Kier alpha value is -2.11. The number of Topliss-reactive ketones (excluding diaryl/α,β-unsaturated/α-hetero) is 1. The van der Waals surface area contributed by atoms with Crippen LogP contribution in [0.2, 0.25) is 0 Å². The highest BCUT2D eigenvalue weighted by Gasteiger charge is 2.16. The number of aromatic nitrogens is 1. The molecule has 0 unspecified atom stereocenters. The molecule has 6 heteroatoms. The summed E-state index contributed by atoms with van der Waals surface area (Å²) >= 11 is 0. The zero-order valence-electron chi connectivity index (χ0n) is 14.4. The van der Waals surface area contributed by atoms with E-state index in [1.807, 2.05) is 20.8 Å². The minimum atomic E-state index is -0.518. The third-order valence-electron chi connectivity index (χ3n) is 2.90.